The van der Waals surface area contributed by atoms with Crippen LogP contribution in [0.4, 0.5) is 13.2 Å². The van der Waals surface area contributed by atoms with Gasteiger partial charge in [-0.25, -0.2) is 0 Å². The van der Waals surface area contributed by atoms with Crippen LogP contribution in [0.1, 0.15) is 0 Å². The molecule has 0 atom stereocenters. The topological polar surface area (TPSA) is 0 Å². The fourth-order valence-electron chi connectivity index (χ4n) is 0.842. The van der Waals surface area contributed by atoms with E-state index in [-0.39, 0.29) is 0 Å². The first-order valence-electron chi connectivity index (χ1n) is 3.43. The summed E-state index contributed by atoms with van der Waals surface area (Å²) in [7, 11) is 0. The van der Waals surface area contributed by atoms with Crippen molar-refractivity contribution in [1.29, 1.82) is 0 Å². The average molecular weight is 359 g/mol. The van der Waals surface area contributed by atoms with Crippen molar-refractivity contribution in [3.63, 3.8) is 0 Å². The summed E-state index contributed by atoms with van der Waals surface area (Å²) in [6.07, 6.45) is -2.14. The van der Waals surface area contributed by atoms with E-state index in [1.165, 1.54) is 0 Å². The van der Waals surface area contributed by atoms with Crippen LogP contribution in [0.3, 0.4) is 0 Å². The molecule has 1 rings (SSSR count). The second-order valence-electron chi connectivity index (χ2n) is 2.33. The summed E-state index contributed by atoms with van der Waals surface area (Å²) in [6, 6.07) is 8.65. The van der Waals surface area contributed by atoms with E-state index in [1.54, 1.807) is 30.3 Å². The first-order chi connectivity index (χ1) is 5.70. The van der Waals surface area contributed by atoms with Gasteiger partial charge in [-0.05, 0) is 0 Å². The maximum absolute atomic E-state index is 12.4. The van der Waals surface area contributed by atoms with Gasteiger partial charge in [-0.15, -0.1) is 0 Å². The van der Waals surface area contributed by atoms with Crippen LogP contribution >= 0.6 is 0 Å². The molecular weight excluding hydrogens is 354 g/mol. The van der Waals surface area contributed by atoms with Gasteiger partial charge in [0.25, 0.3) is 0 Å². The fraction of sp³-hybridized carbons (Fsp3) is 0. The van der Waals surface area contributed by atoms with Crippen LogP contribution in [0.15, 0.2) is 39.7 Å². The van der Waals surface area contributed by atoms with Crippen molar-refractivity contribution in [1.82, 2.24) is 0 Å². The number of halogens is 3. The van der Waals surface area contributed by atoms with Gasteiger partial charge in [0.2, 0.25) is 0 Å². The Morgan fingerprint density at radius 2 is 1.58 bits per heavy atom. The minimum absolute atomic E-state index is 0.766. The molecule has 60 valence electrons. The SMILES string of the molecule is FC(F)=[C](F)[Hg][c]1ccccc1. The molecule has 0 fully saturated rings. The molecule has 0 nitrogen and oxygen atoms in total. The number of benzene rings is 1. The number of hydrogen-bond donors (Lipinski definition) is 0. The Balaban J connectivity index is 2.72. The van der Waals surface area contributed by atoms with Crippen LogP contribution in [0, 0.1) is 0 Å². The van der Waals surface area contributed by atoms with Gasteiger partial charge in [-0.3, -0.25) is 0 Å². The fourth-order valence-corrected chi connectivity index (χ4v) is 4.73. The summed E-state index contributed by atoms with van der Waals surface area (Å²) in [4.78, 5) is 0. The summed E-state index contributed by atoms with van der Waals surface area (Å²) in [5, 5.41) is 0. The van der Waals surface area contributed by atoms with Gasteiger partial charge in [-0.2, -0.15) is 0 Å². The summed E-state index contributed by atoms with van der Waals surface area (Å²) in [5.41, 5.74) is 0. The van der Waals surface area contributed by atoms with Crippen LogP contribution in [0.2, 0.25) is 0 Å². The zero-order valence-corrected chi connectivity index (χ0v) is 11.7. The van der Waals surface area contributed by atoms with E-state index >= 15 is 0 Å². The third-order valence-corrected chi connectivity index (χ3v) is 7.07. The van der Waals surface area contributed by atoms with E-state index in [4.69, 9.17) is 0 Å². The third-order valence-electron chi connectivity index (χ3n) is 1.41. The quantitative estimate of drug-likeness (QED) is 0.712. The molecule has 4 heteroatoms. The van der Waals surface area contributed by atoms with Crippen molar-refractivity contribution in [2.24, 2.45) is 0 Å². The molecular formula is C8H5F3Hg. The van der Waals surface area contributed by atoms with Gasteiger partial charge < -0.3 is 0 Å². The summed E-state index contributed by atoms with van der Waals surface area (Å²) >= 11 is -2.32. The zero-order valence-electron chi connectivity index (χ0n) is 6.23. The van der Waals surface area contributed by atoms with E-state index in [9.17, 15) is 13.2 Å². The third kappa shape index (κ3) is 2.97. The molecule has 0 aliphatic carbocycles. The van der Waals surface area contributed by atoms with E-state index in [0.717, 1.165) is 3.07 Å². The van der Waals surface area contributed by atoms with Crippen molar-refractivity contribution < 1.29 is 37.7 Å². The van der Waals surface area contributed by atoms with Crippen molar-refractivity contribution in [3.8, 4) is 0 Å². The first-order valence-corrected chi connectivity index (χ1v) is 8.93. The molecule has 0 spiro atoms. The van der Waals surface area contributed by atoms with Gasteiger partial charge in [0.15, 0.2) is 0 Å². The maximum atomic E-state index is 12.4. The Labute approximate surface area is 80.5 Å². The molecule has 0 unspecified atom stereocenters. The molecule has 0 radical (unpaired) electrons. The van der Waals surface area contributed by atoms with E-state index in [1.807, 2.05) is 0 Å². The summed E-state index contributed by atoms with van der Waals surface area (Å²) in [5.74, 6) is 0. The Bertz CT molecular complexity index is 278. The predicted molar refractivity (Wildman–Crippen MR) is 36.4 cm³/mol. The molecule has 1 aromatic carbocycles. The van der Waals surface area contributed by atoms with Crippen LogP contribution in [0.25, 0.3) is 0 Å². The van der Waals surface area contributed by atoms with Crippen molar-refractivity contribution in [2.75, 3.05) is 0 Å². The molecule has 0 N–H and O–H groups in total. The molecule has 0 aromatic heterocycles. The summed E-state index contributed by atoms with van der Waals surface area (Å²) < 4.78 is 35.4. The van der Waals surface area contributed by atoms with Gasteiger partial charge in [0.1, 0.15) is 0 Å². The van der Waals surface area contributed by atoms with E-state index in [0.29, 0.717) is 0 Å². The molecule has 0 aliphatic rings. The molecule has 1 aromatic rings. The molecule has 12 heavy (non-hydrogen) atoms. The van der Waals surface area contributed by atoms with Crippen molar-refractivity contribution >= 4 is 3.07 Å². The molecule has 0 bridgehead atoms. The van der Waals surface area contributed by atoms with Gasteiger partial charge in [-0.1, -0.05) is 0 Å². The molecule has 0 amide bonds. The van der Waals surface area contributed by atoms with Crippen LogP contribution < -0.4 is 3.07 Å². The van der Waals surface area contributed by atoms with Crippen LogP contribution in [-0.2, 0) is 24.6 Å². The van der Waals surface area contributed by atoms with Crippen LogP contribution in [0.5, 0.6) is 0 Å². The van der Waals surface area contributed by atoms with E-state index < -0.39 is 34.0 Å². The molecule has 0 saturated carbocycles. The van der Waals surface area contributed by atoms with Gasteiger partial charge in [0, 0.05) is 0 Å². The average Bonchev–Trinajstić information content (AvgIpc) is 2.06. The van der Waals surface area contributed by atoms with Crippen molar-refractivity contribution in [3.05, 3.63) is 39.7 Å². The second kappa shape index (κ2) is 4.65. The summed E-state index contributed by atoms with van der Waals surface area (Å²) in [6.45, 7) is 0. The van der Waals surface area contributed by atoms with Crippen LogP contribution in [-0.4, -0.2) is 0 Å². The Morgan fingerprint density at radius 3 is 2.08 bits per heavy atom. The van der Waals surface area contributed by atoms with Gasteiger partial charge in [0.05, 0.1) is 0 Å². The predicted octanol–water partition coefficient (Wildman–Crippen LogP) is 2.43. The van der Waals surface area contributed by atoms with E-state index in [2.05, 4.69) is 0 Å². The number of hydrogen-bond acceptors (Lipinski definition) is 0. The Morgan fingerprint density at radius 1 is 1.00 bits per heavy atom. The first kappa shape index (κ1) is 9.77. The second-order valence-corrected chi connectivity index (χ2v) is 9.29. The zero-order chi connectivity index (χ0) is 8.97. The molecule has 0 saturated heterocycles. The monoisotopic (exact) mass is 360 g/mol. The standard InChI is InChI=1S/C6H5.C2F3.Hg/c1-2-4-6-5-3-1;3-1-2(4)5;/h1-5H;;. The minimum atomic E-state index is -2.32. The Kier molecular flexibility index (Phi) is 3.78. The molecule has 0 heterocycles. The van der Waals surface area contributed by atoms with Crippen molar-refractivity contribution in [2.45, 2.75) is 0 Å². The number of rotatable bonds is 2. The Hall–Kier alpha value is -0.315. The molecule has 0 aliphatic heterocycles. The normalized spacial score (nSPS) is 8.92. The van der Waals surface area contributed by atoms with Gasteiger partial charge >= 0.3 is 80.6 Å².